The Balaban J connectivity index is 2.37. The van der Waals surface area contributed by atoms with E-state index in [1.807, 2.05) is 13.8 Å². The van der Waals surface area contributed by atoms with E-state index in [9.17, 15) is 8.42 Å². The monoisotopic (exact) mass is 295 g/mol. The molecule has 0 aliphatic heterocycles. The van der Waals surface area contributed by atoms with Crippen molar-refractivity contribution in [3.8, 4) is 5.75 Å². The minimum atomic E-state index is -3.73. The van der Waals surface area contributed by atoms with Crippen LogP contribution in [0, 0.1) is 6.92 Å². The van der Waals surface area contributed by atoms with Gasteiger partial charge in [-0.2, -0.15) is 5.10 Å². The van der Waals surface area contributed by atoms with E-state index in [0.29, 0.717) is 5.75 Å². The number of anilines is 1. The van der Waals surface area contributed by atoms with Gasteiger partial charge >= 0.3 is 0 Å². The molecule has 2 N–H and O–H groups in total. The molecule has 108 valence electrons. The summed E-state index contributed by atoms with van der Waals surface area (Å²) in [5, 5.41) is 6.68. The number of sulfonamides is 1. The molecule has 2 rings (SSSR count). The number of ether oxygens (including phenoxy) is 1. The molecular formula is C13H17N3O3S. The average molecular weight is 295 g/mol. The standard InChI is InChI=1S/C13H17N3O3S/c1-4-10-8-13(15-14-10)16-20(17,18)12-7-9(2)5-6-11(12)19-3/h5-8H,4H2,1-3H3,(H2,14,15,16). The van der Waals surface area contributed by atoms with Gasteiger partial charge in [-0.25, -0.2) is 8.42 Å². The Kier molecular flexibility index (Phi) is 3.99. The maximum atomic E-state index is 12.4. The summed E-state index contributed by atoms with van der Waals surface area (Å²) >= 11 is 0. The Morgan fingerprint density at radius 1 is 1.35 bits per heavy atom. The molecule has 0 saturated carbocycles. The van der Waals surface area contributed by atoms with Gasteiger partial charge in [0.25, 0.3) is 10.0 Å². The fraction of sp³-hybridized carbons (Fsp3) is 0.308. The number of nitrogens with zero attached hydrogens (tertiary/aromatic N) is 1. The Morgan fingerprint density at radius 2 is 2.10 bits per heavy atom. The van der Waals surface area contributed by atoms with Crippen molar-refractivity contribution >= 4 is 15.8 Å². The Hall–Kier alpha value is -2.02. The highest BCUT2D eigenvalue weighted by Gasteiger charge is 2.20. The molecule has 0 radical (unpaired) electrons. The summed E-state index contributed by atoms with van der Waals surface area (Å²) in [6, 6.07) is 6.65. The van der Waals surface area contributed by atoms with Crippen LogP contribution in [0.25, 0.3) is 0 Å². The van der Waals surface area contributed by atoms with Crippen molar-refractivity contribution in [3.63, 3.8) is 0 Å². The van der Waals surface area contributed by atoms with Crippen molar-refractivity contribution in [2.75, 3.05) is 11.8 Å². The number of H-pyrrole nitrogens is 1. The lowest BCUT2D eigenvalue weighted by molar-refractivity contribution is 0.402. The maximum absolute atomic E-state index is 12.4. The third-order valence-corrected chi connectivity index (χ3v) is 4.24. The number of aromatic amines is 1. The molecule has 0 unspecified atom stereocenters. The number of rotatable bonds is 5. The molecule has 20 heavy (non-hydrogen) atoms. The van der Waals surface area contributed by atoms with Crippen LogP contribution in [0.4, 0.5) is 5.82 Å². The van der Waals surface area contributed by atoms with Crippen LogP contribution < -0.4 is 9.46 Å². The fourth-order valence-corrected chi connectivity index (χ4v) is 3.03. The first-order chi connectivity index (χ1) is 9.46. The van der Waals surface area contributed by atoms with Crippen molar-refractivity contribution in [3.05, 3.63) is 35.5 Å². The van der Waals surface area contributed by atoms with Crippen molar-refractivity contribution in [2.45, 2.75) is 25.2 Å². The first-order valence-electron chi connectivity index (χ1n) is 6.18. The molecule has 1 heterocycles. The van der Waals surface area contributed by atoms with Crippen molar-refractivity contribution in [1.29, 1.82) is 0 Å². The van der Waals surface area contributed by atoms with Gasteiger partial charge in [-0.1, -0.05) is 13.0 Å². The second kappa shape index (κ2) is 5.54. The van der Waals surface area contributed by atoms with Gasteiger partial charge in [-0.05, 0) is 31.0 Å². The van der Waals surface area contributed by atoms with Crippen molar-refractivity contribution < 1.29 is 13.2 Å². The molecule has 0 saturated heterocycles. The molecule has 0 aliphatic carbocycles. The minimum Gasteiger partial charge on any atom is -0.495 e. The van der Waals surface area contributed by atoms with Crippen LogP contribution >= 0.6 is 0 Å². The number of nitrogens with one attached hydrogen (secondary N) is 2. The molecule has 0 aliphatic rings. The summed E-state index contributed by atoms with van der Waals surface area (Å²) in [6.07, 6.45) is 0.752. The normalized spacial score (nSPS) is 11.3. The van der Waals surface area contributed by atoms with Crippen molar-refractivity contribution in [2.24, 2.45) is 0 Å². The van der Waals surface area contributed by atoms with Crippen LogP contribution in [0.15, 0.2) is 29.2 Å². The smallest absolute Gasteiger partial charge is 0.266 e. The van der Waals surface area contributed by atoms with Crippen LogP contribution in [0.5, 0.6) is 5.75 Å². The summed E-state index contributed by atoms with van der Waals surface area (Å²) in [4.78, 5) is 0.0982. The Morgan fingerprint density at radius 3 is 2.70 bits per heavy atom. The van der Waals surface area contributed by atoms with E-state index < -0.39 is 10.0 Å². The quantitative estimate of drug-likeness (QED) is 0.884. The molecule has 0 fully saturated rings. The van der Waals surface area contributed by atoms with Crippen LogP contribution in [0.3, 0.4) is 0 Å². The van der Waals surface area contributed by atoms with Crippen LogP contribution in [0.1, 0.15) is 18.2 Å². The van der Waals surface area contributed by atoms with E-state index in [-0.39, 0.29) is 10.7 Å². The zero-order chi connectivity index (χ0) is 14.8. The fourth-order valence-electron chi connectivity index (χ4n) is 1.78. The summed E-state index contributed by atoms with van der Waals surface area (Å²) < 4.78 is 32.3. The van der Waals surface area contributed by atoms with Gasteiger partial charge < -0.3 is 4.74 Å². The number of benzene rings is 1. The largest absolute Gasteiger partial charge is 0.495 e. The topological polar surface area (TPSA) is 84.1 Å². The lowest BCUT2D eigenvalue weighted by Gasteiger charge is -2.10. The van der Waals surface area contributed by atoms with Gasteiger partial charge in [-0.15, -0.1) is 0 Å². The number of hydrogen-bond donors (Lipinski definition) is 2. The van der Waals surface area contributed by atoms with Gasteiger partial charge in [0.05, 0.1) is 7.11 Å². The summed E-state index contributed by atoms with van der Waals surface area (Å²) in [6.45, 7) is 3.78. The van der Waals surface area contributed by atoms with Gasteiger partial charge in [0.15, 0.2) is 5.82 Å². The van der Waals surface area contributed by atoms with Crippen LogP contribution in [0.2, 0.25) is 0 Å². The molecule has 6 nitrogen and oxygen atoms in total. The Labute approximate surface area is 118 Å². The molecule has 1 aromatic carbocycles. The van der Waals surface area contributed by atoms with Gasteiger partial charge in [-0.3, -0.25) is 9.82 Å². The first-order valence-corrected chi connectivity index (χ1v) is 7.66. The predicted molar refractivity (Wildman–Crippen MR) is 76.5 cm³/mol. The van der Waals surface area contributed by atoms with E-state index in [1.165, 1.54) is 7.11 Å². The molecule has 0 bridgehead atoms. The van der Waals surface area contributed by atoms with E-state index in [0.717, 1.165) is 17.7 Å². The molecule has 0 atom stereocenters. The van der Waals surface area contributed by atoms with E-state index in [4.69, 9.17) is 4.74 Å². The van der Waals surface area contributed by atoms with E-state index in [1.54, 1.807) is 24.3 Å². The molecule has 0 amide bonds. The van der Waals surface area contributed by atoms with E-state index in [2.05, 4.69) is 14.9 Å². The van der Waals surface area contributed by atoms with Crippen LogP contribution in [-0.2, 0) is 16.4 Å². The number of methoxy groups -OCH3 is 1. The predicted octanol–water partition coefficient (Wildman–Crippen LogP) is 2.09. The number of hydrogen-bond acceptors (Lipinski definition) is 4. The summed E-state index contributed by atoms with van der Waals surface area (Å²) in [5.74, 6) is 0.569. The first kappa shape index (κ1) is 14.4. The third kappa shape index (κ3) is 2.93. The summed E-state index contributed by atoms with van der Waals surface area (Å²) in [5.41, 5.74) is 1.70. The molecule has 2 aromatic rings. The molecule has 1 aromatic heterocycles. The SMILES string of the molecule is CCc1cc(NS(=O)(=O)c2cc(C)ccc2OC)n[nH]1. The highest BCUT2D eigenvalue weighted by atomic mass is 32.2. The van der Waals surface area contributed by atoms with Crippen molar-refractivity contribution in [1.82, 2.24) is 10.2 Å². The second-order valence-electron chi connectivity index (χ2n) is 4.39. The van der Waals surface area contributed by atoms with Gasteiger partial charge in [0.2, 0.25) is 0 Å². The highest BCUT2D eigenvalue weighted by molar-refractivity contribution is 7.92. The minimum absolute atomic E-state index is 0.0982. The lowest BCUT2D eigenvalue weighted by atomic mass is 10.2. The highest BCUT2D eigenvalue weighted by Crippen LogP contribution is 2.26. The zero-order valence-electron chi connectivity index (χ0n) is 11.6. The molecule has 0 spiro atoms. The van der Waals surface area contributed by atoms with Crippen LogP contribution in [-0.4, -0.2) is 25.7 Å². The zero-order valence-corrected chi connectivity index (χ0v) is 12.4. The number of aryl methyl sites for hydroxylation is 2. The average Bonchev–Trinajstić information content (AvgIpc) is 2.85. The number of aromatic nitrogens is 2. The molecular weight excluding hydrogens is 278 g/mol. The lowest BCUT2D eigenvalue weighted by Crippen LogP contribution is -2.14. The maximum Gasteiger partial charge on any atom is 0.266 e. The Bertz CT molecular complexity index is 707. The summed E-state index contributed by atoms with van der Waals surface area (Å²) in [7, 11) is -2.29. The second-order valence-corrected chi connectivity index (χ2v) is 6.04. The molecule has 7 heteroatoms. The van der Waals surface area contributed by atoms with Gasteiger partial charge in [0, 0.05) is 11.8 Å². The van der Waals surface area contributed by atoms with E-state index >= 15 is 0 Å². The van der Waals surface area contributed by atoms with Gasteiger partial charge in [0.1, 0.15) is 10.6 Å². The third-order valence-electron chi connectivity index (χ3n) is 2.86.